The zero-order valence-corrected chi connectivity index (χ0v) is 14.2. The number of hydrogen-bond donors (Lipinski definition) is 0. The molecule has 23 heavy (non-hydrogen) atoms. The van der Waals surface area contributed by atoms with Crippen molar-refractivity contribution in [3.05, 3.63) is 51.8 Å². The van der Waals surface area contributed by atoms with E-state index in [1.54, 1.807) is 27.9 Å². The molecular weight excluding hydrogens is 337 g/mol. The zero-order valence-electron chi connectivity index (χ0n) is 12.7. The van der Waals surface area contributed by atoms with Crippen LogP contribution in [0.4, 0.5) is 0 Å². The van der Waals surface area contributed by atoms with Crippen molar-refractivity contribution in [2.75, 3.05) is 19.7 Å². The number of morpholine rings is 1. The summed E-state index contributed by atoms with van der Waals surface area (Å²) in [6, 6.07) is 5.42. The number of amides is 1. The summed E-state index contributed by atoms with van der Waals surface area (Å²) in [7, 11) is 0. The van der Waals surface area contributed by atoms with Crippen LogP contribution in [0.5, 0.6) is 0 Å². The van der Waals surface area contributed by atoms with Crippen molar-refractivity contribution in [1.82, 2.24) is 14.7 Å². The molecule has 1 aliphatic rings. The molecule has 122 valence electrons. The van der Waals surface area contributed by atoms with Crippen LogP contribution < -0.4 is 0 Å². The third kappa shape index (κ3) is 3.86. The highest BCUT2D eigenvalue weighted by atomic mass is 35.5. The molecule has 2 aromatic rings. The van der Waals surface area contributed by atoms with Crippen LogP contribution in [0, 0.1) is 6.92 Å². The van der Waals surface area contributed by atoms with Gasteiger partial charge in [0.2, 0.25) is 5.91 Å². The van der Waals surface area contributed by atoms with Crippen LogP contribution in [-0.2, 0) is 16.1 Å². The molecule has 0 spiro atoms. The lowest BCUT2D eigenvalue weighted by molar-refractivity contribution is -0.139. The number of aryl methyl sites for hydroxylation is 1. The summed E-state index contributed by atoms with van der Waals surface area (Å²) >= 11 is 12.0. The van der Waals surface area contributed by atoms with Gasteiger partial charge in [-0.05, 0) is 30.2 Å². The molecule has 0 aliphatic carbocycles. The van der Waals surface area contributed by atoms with E-state index in [0.717, 1.165) is 11.1 Å². The zero-order chi connectivity index (χ0) is 16.4. The molecule has 7 heteroatoms. The van der Waals surface area contributed by atoms with Gasteiger partial charge in [-0.3, -0.25) is 9.48 Å². The molecule has 1 atom stereocenters. The summed E-state index contributed by atoms with van der Waals surface area (Å²) in [4.78, 5) is 14.2. The number of carbonyl (C=O) groups is 1. The molecule has 1 saturated heterocycles. The van der Waals surface area contributed by atoms with Crippen molar-refractivity contribution in [2.45, 2.75) is 19.6 Å². The summed E-state index contributed by atoms with van der Waals surface area (Å²) in [5, 5.41) is 5.15. The first-order valence-corrected chi connectivity index (χ1v) is 8.12. The number of halogens is 2. The fraction of sp³-hybridized carbons (Fsp3) is 0.375. The fourth-order valence-electron chi connectivity index (χ4n) is 2.58. The SMILES string of the molecule is Cc1cnn(CC(=O)N2CCO[C@H](c3ccc(Cl)c(Cl)c3)C2)c1. The van der Waals surface area contributed by atoms with Crippen LogP contribution in [0.3, 0.4) is 0 Å². The lowest BCUT2D eigenvalue weighted by Gasteiger charge is -2.33. The molecule has 1 amide bonds. The summed E-state index contributed by atoms with van der Waals surface area (Å²) < 4.78 is 7.43. The van der Waals surface area contributed by atoms with Crippen molar-refractivity contribution in [3.8, 4) is 0 Å². The Kier molecular flexibility index (Phi) is 4.90. The molecule has 1 fully saturated rings. The van der Waals surface area contributed by atoms with E-state index in [1.165, 1.54) is 0 Å². The van der Waals surface area contributed by atoms with Crippen LogP contribution in [0.25, 0.3) is 0 Å². The van der Waals surface area contributed by atoms with Crippen molar-refractivity contribution in [1.29, 1.82) is 0 Å². The fourth-order valence-corrected chi connectivity index (χ4v) is 2.89. The number of hydrogen-bond acceptors (Lipinski definition) is 3. The first kappa shape index (κ1) is 16.3. The second kappa shape index (κ2) is 6.91. The average Bonchev–Trinajstić information content (AvgIpc) is 2.95. The van der Waals surface area contributed by atoms with Crippen LogP contribution in [-0.4, -0.2) is 40.3 Å². The standard InChI is InChI=1S/C16H17Cl2N3O2/c1-11-7-19-21(8-11)10-16(22)20-4-5-23-15(9-20)12-2-3-13(17)14(18)6-12/h2-3,6-8,15H,4-5,9-10H2,1H3/t15-/m0/s1. The summed E-state index contributed by atoms with van der Waals surface area (Å²) in [6.07, 6.45) is 3.40. The molecule has 0 bridgehead atoms. The van der Waals surface area contributed by atoms with Crippen LogP contribution in [0.2, 0.25) is 10.0 Å². The number of ether oxygens (including phenoxy) is 1. The molecule has 5 nitrogen and oxygen atoms in total. The maximum atomic E-state index is 12.4. The third-order valence-electron chi connectivity index (χ3n) is 3.79. The van der Waals surface area contributed by atoms with Crippen molar-refractivity contribution >= 4 is 29.1 Å². The normalized spacial score (nSPS) is 18.2. The van der Waals surface area contributed by atoms with Crippen LogP contribution >= 0.6 is 23.2 Å². The van der Waals surface area contributed by atoms with Gasteiger partial charge in [0.1, 0.15) is 12.6 Å². The lowest BCUT2D eigenvalue weighted by atomic mass is 10.1. The second-order valence-electron chi connectivity index (χ2n) is 5.59. The first-order valence-electron chi connectivity index (χ1n) is 7.36. The molecule has 1 aromatic carbocycles. The Morgan fingerprint density at radius 1 is 1.39 bits per heavy atom. The predicted molar refractivity (Wildman–Crippen MR) is 88.7 cm³/mol. The van der Waals surface area contributed by atoms with Crippen molar-refractivity contribution < 1.29 is 9.53 Å². The van der Waals surface area contributed by atoms with E-state index in [4.69, 9.17) is 27.9 Å². The lowest BCUT2D eigenvalue weighted by Crippen LogP contribution is -2.43. The molecule has 1 aromatic heterocycles. The minimum Gasteiger partial charge on any atom is -0.370 e. The van der Waals surface area contributed by atoms with Gasteiger partial charge in [0.05, 0.1) is 29.4 Å². The van der Waals surface area contributed by atoms with Gasteiger partial charge in [0.15, 0.2) is 0 Å². The molecular formula is C16H17Cl2N3O2. The average molecular weight is 354 g/mol. The quantitative estimate of drug-likeness (QED) is 0.851. The largest absolute Gasteiger partial charge is 0.370 e. The third-order valence-corrected chi connectivity index (χ3v) is 4.53. The Hall–Kier alpha value is -1.56. The van der Waals surface area contributed by atoms with E-state index in [1.807, 2.05) is 19.2 Å². The van der Waals surface area contributed by atoms with Gasteiger partial charge >= 0.3 is 0 Å². The number of aromatic nitrogens is 2. The molecule has 0 saturated carbocycles. The van der Waals surface area contributed by atoms with Gasteiger partial charge in [-0.1, -0.05) is 29.3 Å². The monoisotopic (exact) mass is 353 g/mol. The van der Waals surface area contributed by atoms with Crippen LogP contribution in [0.15, 0.2) is 30.6 Å². The number of rotatable bonds is 3. The first-order chi connectivity index (χ1) is 11.0. The van der Waals surface area contributed by atoms with E-state index in [-0.39, 0.29) is 18.6 Å². The molecule has 0 unspecified atom stereocenters. The maximum absolute atomic E-state index is 12.4. The highest BCUT2D eigenvalue weighted by Crippen LogP contribution is 2.29. The molecule has 3 rings (SSSR count). The topological polar surface area (TPSA) is 47.4 Å². The van der Waals surface area contributed by atoms with Gasteiger partial charge in [-0.25, -0.2) is 0 Å². The molecule has 0 N–H and O–H groups in total. The number of carbonyl (C=O) groups excluding carboxylic acids is 1. The van der Waals surface area contributed by atoms with Crippen molar-refractivity contribution in [2.24, 2.45) is 0 Å². The second-order valence-corrected chi connectivity index (χ2v) is 6.40. The smallest absolute Gasteiger partial charge is 0.244 e. The van der Waals surface area contributed by atoms with Crippen molar-refractivity contribution in [3.63, 3.8) is 0 Å². The Morgan fingerprint density at radius 3 is 2.91 bits per heavy atom. The Morgan fingerprint density at radius 2 is 2.22 bits per heavy atom. The van der Waals surface area contributed by atoms with E-state index < -0.39 is 0 Å². The van der Waals surface area contributed by atoms with E-state index >= 15 is 0 Å². The number of benzene rings is 1. The Bertz CT molecular complexity index is 717. The summed E-state index contributed by atoms with van der Waals surface area (Å²) in [6.45, 7) is 3.76. The molecule has 2 heterocycles. The van der Waals surface area contributed by atoms with E-state index in [0.29, 0.717) is 29.7 Å². The van der Waals surface area contributed by atoms with Gasteiger partial charge in [-0.2, -0.15) is 5.10 Å². The van der Waals surface area contributed by atoms with Gasteiger partial charge < -0.3 is 9.64 Å². The van der Waals surface area contributed by atoms with Crippen LogP contribution in [0.1, 0.15) is 17.2 Å². The maximum Gasteiger partial charge on any atom is 0.244 e. The Labute approximate surface area is 144 Å². The minimum absolute atomic E-state index is 0.0291. The Balaban J connectivity index is 1.67. The molecule has 0 radical (unpaired) electrons. The van der Waals surface area contributed by atoms with Gasteiger partial charge in [0.25, 0.3) is 0 Å². The highest BCUT2D eigenvalue weighted by molar-refractivity contribution is 6.42. The van der Waals surface area contributed by atoms with E-state index in [9.17, 15) is 4.79 Å². The van der Waals surface area contributed by atoms with Gasteiger partial charge in [0, 0.05) is 12.7 Å². The minimum atomic E-state index is -0.193. The number of nitrogens with zero attached hydrogens (tertiary/aromatic N) is 3. The molecule has 1 aliphatic heterocycles. The van der Waals surface area contributed by atoms with E-state index in [2.05, 4.69) is 5.10 Å². The highest BCUT2D eigenvalue weighted by Gasteiger charge is 2.26. The predicted octanol–water partition coefficient (Wildman–Crippen LogP) is 3.10. The summed E-state index contributed by atoms with van der Waals surface area (Å²) in [5.74, 6) is 0.0291. The van der Waals surface area contributed by atoms with Gasteiger partial charge in [-0.15, -0.1) is 0 Å². The summed E-state index contributed by atoms with van der Waals surface area (Å²) in [5.41, 5.74) is 1.96.